The number of rotatable bonds is 3. The molecule has 0 radical (unpaired) electrons. The molecule has 0 bridgehead atoms. The van der Waals surface area contributed by atoms with Crippen LogP contribution in [0.3, 0.4) is 0 Å². The van der Waals surface area contributed by atoms with Crippen molar-refractivity contribution in [3.63, 3.8) is 0 Å². The summed E-state index contributed by atoms with van der Waals surface area (Å²) in [5, 5.41) is 1.59. The van der Waals surface area contributed by atoms with E-state index in [1.54, 1.807) is 17.4 Å². The Labute approximate surface area is 160 Å². The number of aromatic nitrogens is 2. The molecule has 7 heteroatoms. The van der Waals surface area contributed by atoms with Crippen LogP contribution >= 0.6 is 22.9 Å². The zero-order valence-electron chi connectivity index (χ0n) is 14.0. The fraction of sp³-hybridized carbons (Fsp3) is 0.211. The third kappa shape index (κ3) is 3.23. The number of carbonyl (C=O) groups is 1. The number of amides is 1. The van der Waals surface area contributed by atoms with Crippen molar-refractivity contribution in [2.45, 2.75) is 19.5 Å². The van der Waals surface area contributed by atoms with Crippen LogP contribution in [-0.2, 0) is 19.5 Å². The predicted molar refractivity (Wildman–Crippen MR) is 103 cm³/mol. The first-order valence-electron chi connectivity index (χ1n) is 8.34. The standard InChI is InChI=1S/C19H17ClN4OS/c20-14-6-2-1-5-13(14)18-23-15-8-9-24(11-17(15)26-18)19(25)16-7-3-4-12(10-21)22-16/h1-7H,8-11,21H2. The lowest BCUT2D eigenvalue weighted by molar-refractivity contribution is 0.0730. The van der Waals surface area contributed by atoms with Gasteiger partial charge in [0.15, 0.2) is 0 Å². The number of pyridine rings is 1. The topological polar surface area (TPSA) is 72.1 Å². The SMILES string of the molecule is NCc1cccc(C(=O)N2CCc3nc(-c4ccccc4Cl)sc3C2)n1. The number of carbonyl (C=O) groups excluding carboxylic acids is 1. The highest BCUT2D eigenvalue weighted by Crippen LogP contribution is 2.35. The second kappa shape index (κ2) is 7.15. The Morgan fingerprint density at radius 3 is 2.85 bits per heavy atom. The van der Waals surface area contributed by atoms with E-state index in [9.17, 15) is 4.79 Å². The molecule has 0 fully saturated rings. The molecule has 132 valence electrons. The van der Waals surface area contributed by atoms with Gasteiger partial charge in [0.2, 0.25) is 0 Å². The van der Waals surface area contributed by atoms with Crippen molar-refractivity contribution in [1.29, 1.82) is 0 Å². The van der Waals surface area contributed by atoms with Crippen molar-refractivity contribution >= 4 is 28.8 Å². The van der Waals surface area contributed by atoms with Crippen molar-refractivity contribution in [1.82, 2.24) is 14.9 Å². The quantitative estimate of drug-likeness (QED) is 0.749. The van der Waals surface area contributed by atoms with E-state index in [0.717, 1.165) is 27.6 Å². The first-order chi connectivity index (χ1) is 12.7. The van der Waals surface area contributed by atoms with E-state index in [4.69, 9.17) is 22.3 Å². The fourth-order valence-corrected chi connectivity index (χ4v) is 4.44. The molecule has 0 atom stereocenters. The zero-order valence-corrected chi connectivity index (χ0v) is 15.6. The van der Waals surface area contributed by atoms with Gasteiger partial charge < -0.3 is 10.6 Å². The van der Waals surface area contributed by atoms with Gasteiger partial charge in [0.05, 0.1) is 23.0 Å². The van der Waals surface area contributed by atoms with E-state index in [1.165, 1.54) is 0 Å². The lowest BCUT2D eigenvalue weighted by Gasteiger charge is -2.25. The molecule has 0 saturated carbocycles. The molecule has 2 aromatic heterocycles. The number of nitrogens with two attached hydrogens (primary N) is 1. The van der Waals surface area contributed by atoms with Crippen LogP contribution in [-0.4, -0.2) is 27.3 Å². The van der Waals surface area contributed by atoms with Gasteiger partial charge in [-0.25, -0.2) is 9.97 Å². The first kappa shape index (κ1) is 17.1. The summed E-state index contributed by atoms with van der Waals surface area (Å²) in [6, 6.07) is 13.1. The second-order valence-corrected chi connectivity index (χ2v) is 7.55. The van der Waals surface area contributed by atoms with E-state index in [2.05, 4.69) is 4.98 Å². The Kier molecular flexibility index (Phi) is 4.72. The molecule has 1 aromatic carbocycles. The van der Waals surface area contributed by atoms with E-state index >= 15 is 0 Å². The highest BCUT2D eigenvalue weighted by atomic mass is 35.5. The average Bonchev–Trinajstić information content (AvgIpc) is 3.10. The molecule has 0 spiro atoms. The summed E-state index contributed by atoms with van der Waals surface area (Å²) in [5.74, 6) is -0.0707. The third-order valence-corrected chi connectivity index (χ3v) is 5.80. The smallest absolute Gasteiger partial charge is 0.272 e. The van der Waals surface area contributed by atoms with Crippen LogP contribution in [0.1, 0.15) is 26.8 Å². The van der Waals surface area contributed by atoms with Crippen LogP contribution in [0, 0.1) is 0 Å². The summed E-state index contributed by atoms with van der Waals surface area (Å²) >= 11 is 7.89. The summed E-state index contributed by atoms with van der Waals surface area (Å²) in [6.07, 6.45) is 0.735. The molecule has 0 unspecified atom stereocenters. The highest BCUT2D eigenvalue weighted by Gasteiger charge is 2.26. The number of thiazole rings is 1. The minimum Gasteiger partial charge on any atom is -0.332 e. The lowest BCUT2D eigenvalue weighted by Crippen LogP contribution is -2.36. The summed E-state index contributed by atoms with van der Waals surface area (Å²) < 4.78 is 0. The number of nitrogens with zero attached hydrogens (tertiary/aromatic N) is 3. The Morgan fingerprint density at radius 1 is 1.19 bits per heavy atom. The molecule has 5 nitrogen and oxygen atoms in total. The number of hydrogen-bond donors (Lipinski definition) is 1. The molecule has 1 aliphatic heterocycles. The van der Waals surface area contributed by atoms with E-state index in [-0.39, 0.29) is 5.91 Å². The van der Waals surface area contributed by atoms with Crippen LogP contribution in [0.5, 0.6) is 0 Å². The van der Waals surface area contributed by atoms with Crippen molar-refractivity contribution in [3.05, 3.63) is 69.4 Å². The molecule has 0 saturated heterocycles. The molecule has 1 amide bonds. The van der Waals surface area contributed by atoms with Crippen LogP contribution in [0.15, 0.2) is 42.5 Å². The summed E-state index contributed by atoms with van der Waals surface area (Å²) in [7, 11) is 0. The maximum atomic E-state index is 12.8. The van der Waals surface area contributed by atoms with Gasteiger partial charge in [0, 0.05) is 30.0 Å². The molecule has 3 aromatic rings. The van der Waals surface area contributed by atoms with Crippen LogP contribution in [0.4, 0.5) is 0 Å². The molecule has 0 aliphatic carbocycles. The largest absolute Gasteiger partial charge is 0.332 e. The Bertz CT molecular complexity index is 972. The maximum absolute atomic E-state index is 12.8. The van der Waals surface area contributed by atoms with E-state index in [0.29, 0.717) is 36.0 Å². The Morgan fingerprint density at radius 2 is 2.04 bits per heavy atom. The normalized spacial score (nSPS) is 13.5. The van der Waals surface area contributed by atoms with Gasteiger partial charge in [-0.15, -0.1) is 11.3 Å². The lowest BCUT2D eigenvalue weighted by atomic mass is 10.1. The van der Waals surface area contributed by atoms with Gasteiger partial charge in [-0.3, -0.25) is 4.79 Å². The van der Waals surface area contributed by atoms with Crippen LogP contribution in [0.25, 0.3) is 10.6 Å². The molecule has 1 aliphatic rings. The van der Waals surface area contributed by atoms with Gasteiger partial charge >= 0.3 is 0 Å². The minimum atomic E-state index is -0.0707. The molecular weight excluding hydrogens is 368 g/mol. The Balaban J connectivity index is 1.58. The minimum absolute atomic E-state index is 0.0707. The van der Waals surface area contributed by atoms with Crippen molar-refractivity contribution in [2.75, 3.05) is 6.54 Å². The fourth-order valence-electron chi connectivity index (χ4n) is 2.99. The second-order valence-electron chi connectivity index (χ2n) is 6.06. The third-order valence-electron chi connectivity index (χ3n) is 4.36. The molecule has 2 N–H and O–H groups in total. The number of benzene rings is 1. The van der Waals surface area contributed by atoms with Crippen LogP contribution in [0.2, 0.25) is 5.02 Å². The average molecular weight is 385 g/mol. The van der Waals surface area contributed by atoms with Gasteiger partial charge in [-0.2, -0.15) is 0 Å². The monoisotopic (exact) mass is 384 g/mol. The molecule has 4 rings (SSSR count). The number of hydrogen-bond acceptors (Lipinski definition) is 5. The zero-order chi connectivity index (χ0) is 18.1. The van der Waals surface area contributed by atoms with E-state index in [1.807, 2.05) is 41.3 Å². The number of fused-ring (bicyclic) bond motifs is 1. The molecule has 26 heavy (non-hydrogen) atoms. The summed E-state index contributed by atoms with van der Waals surface area (Å²) in [5.41, 5.74) is 8.77. The number of halogens is 1. The van der Waals surface area contributed by atoms with E-state index < -0.39 is 0 Å². The predicted octanol–water partition coefficient (Wildman–Crippen LogP) is 3.52. The molecule has 3 heterocycles. The Hall–Kier alpha value is -2.28. The van der Waals surface area contributed by atoms with Gasteiger partial charge in [-0.1, -0.05) is 35.9 Å². The highest BCUT2D eigenvalue weighted by molar-refractivity contribution is 7.15. The van der Waals surface area contributed by atoms with Crippen LogP contribution < -0.4 is 5.73 Å². The summed E-state index contributed by atoms with van der Waals surface area (Å²) in [6.45, 7) is 1.50. The van der Waals surface area contributed by atoms with Gasteiger partial charge in [0.25, 0.3) is 5.91 Å². The summed E-state index contributed by atoms with van der Waals surface area (Å²) in [4.78, 5) is 24.8. The molecular formula is C19H17ClN4OS. The van der Waals surface area contributed by atoms with Crippen molar-refractivity contribution in [3.8, 4) is 10.6 Å². The maximum Gasteiger partial charge on any atom is 0.272 e. The van der Waals surface area contributed by atoms with Crippen molar-refractivity contribution in [2.24, 2.45) is 5.73 Å². The van der Waals surface area contributed by atoms with Gasteiger partial charge in [0.1, 0.15) is 10.7 Å². The van der Waals surface area contributed by atoms with Gasteiger partial charge in [-0.05, 0) is 18.2 Å². The first-order valence-corrected chi connectivity index (χ1v) is 9.54. The van der Waals surface area contributed by atoms with Crippen molar-refractivity contribution < 1.29 is 4.79 Å².